The Labute approximate surface area is 190 Å². The minimum Gasteiger partial charge on any atom is -0.444 e. The van der Waals surface area contributed by atoms with E-state index < -0.39 is 15.0 Å². The highest BCUT2D eigenvalue weighted by atomic mass is 32.5. The largest absolute Gasteiger partial charge is 0.444 e. The van der Waals surface area contributed by atoms with Gasteiger partial charge in [-0.05, 0) is 77.6 Å². The van der Waals surface area contributed by atoms with Crippen LogP contribution < -0.4 is 9.05 Å². The van der Waals surface area contributed by atoms with Crippen LogP contribution in [0.3, 0.4) is 0 Å². The molecule has 0 saturated carbocycles. The topological polar surface area (TPSA) is 59.1 Å². The van der Waals surface area contributed by atoms with Gasteiger partial charge in [0.25, 0.3) is 15.0 Å². The first kappa shape index (κ1) is 24.0. The van der Waals surface area contributed by atoms with Gasteiger partial charge in [0, 0.05) is 22.2 Å². The predicted molar refractivity (Wildman–Crippen MR) is 129 cm³/mol. The first-order valence-corrected chi connectivity index (χ1v) is 13.7. The fourth-order valence-corrected chi connectivity index (χ4v) is 12.4. The molecule has 2 aromatic carbocycles. The van der Waals surface area contributed by atoms with Gasteiger partial charge in [-0.3, -0.25) is 9.59 Å². The van der Waals surface area contributed by atoms with Crippen molar-refractivity contribution in [3.05, 3.63) is 59.7 Å². The number of aldehydes is 2. The number of hydrogen-bond donors (Lipinski definition) is 0. The molecule has 3 rings (SSSR count). The summed E-state index contributed by atoms with van der Waals surface area (Å²) in [5.74, 6) is 1.18. The molecule has 166 valence electrons. The number of carbonyl (C=O) groups excluding carboxylic acids is 2. The third-order valence-corrected chi connectivity index (χ3v) is 13.5. The summed E-state index contributed by atoms with van der Waals surface area (Å²) in [5, 5.41) is 0. The second-order valence-electron chi connectivity index (χ2n) is 9.23. The smallest absolute Gasteiger partial charge is 0.268 e. The Hall–Kier alpha value is -1.62. The van der Waals surface area contributed by atoms with Gasteiger partial charge in [-0.15, -0.1) is 0 Å². The molecule has 0 N–H and O–H groups in total. The number of hydrogen-bond acceptors (Lipinski definition) is 5. The molecule has 1 aliphatic rings. The SMILES string of the molecule is CC(C)(C)N1P(Oc2cccc(C=O)c2)N(C(C)(C)C)P1(=S)Oc1cccc(C=O)c1. The fourth-order valence-electron chi connectivity index (χ4n) is 3.27. The molecule has 31 heavy (non-hydrogen) atoms. The molecule has 1 aliphatic heterocycles. The lowest BCUT2D eigenvalue weighted by Gasteiger charge is -2.63. The molecule has 0 atom stereocenters. The van der Waals surface area contributed by atoms with Crippen molar-refractivity contribution in [2.75, 3.05) is 0 Å². The summed E-state index contributed by atoms with van der Waals surface area (Å²) < 4.78 is 17.2. The van der Waals surface area contributed by atoms with Gasteiger partial charge in [-0.1, -0.05) is 24.3 Å². The van der Waals surface area contributed by atoms with Gasteiger partial charge in [0.2, 0.25) is 0 Å². The van der Waals surface area contributed by atoms with E-state index in [0.29, 0.717) is 22.6 Å². The Morgan fingerprint density at radius 3 is 1.74 bits per heavy atom. The van der Waals surface area contributed by atoms with Crippen molar-refractivity contribution in [1.82, 2.24) is 8.88 Å². The molecule has 0 aromatic heterocycles. The van der Waals surface area contributed by atoms with Crippen molar-refractivity contribution in [3.63, 3.8) is 0 Å². The van der Waals surface area contributed by atoms with E-state index >= 15 is 0 Å². The zero-order chi connectivity index (χ0) is 23.0. The van der Waals surface area contributed by atoms with Crippen molar-refractivity contribution in [1.29, 1.82) is 0 Å². The molecule has 0 amide bonds. The Balaban J connectivity index is 2.03. The van der Waals surface area contributed by atoms with Crippen LogP contribution >= 0.6 is 15.0 Å². The summed E-state index contributed by atoms with van der Waals surface area (Å²) in [4.78, 5) is 22.4. The lowest BCUT2D eigenvalue weighted by atomic mass is 10.1. The number of benzene rings is 2. The average Bonchev–Trinajstić information content (AvgIpc) is 2.65. The highest BCUT2D eigenvalue weighted by Crippen LogP contribution is 2.85. The highest BCUT2D eigenvalue weighted by molar-refractivity contribution is 8.16. The number of nitrogens with zero attached hydrogens (tertiary/aromatic N) is 2. The number of carbonyl (C=O) groups is 2. The molecule has 6 nitrogen and oxygen atoms in total. The zero-order valence-electron chi connectivity index (χ0n) is 18.6. The van der Waals surface area contributed by atoms with Crippen LogP contribution in [0, 0.1) is 0 Å². The maximum Gasteiger partial charge on any atom is 0.268 e. The summed E-state index contributed by atoms with van der Waals surface area (Å²) in [6.07, 6.45) is 1.60. The first-order chi connectivity index (χ1) is 14.4. The van der Waals surface area contributed by atoms with Crippen LogP contribution in [0.25, 0.3) is 0 Å². The van der Waals surface area contributed by atoms with Crippen molar-refractivity contribution in [2.45, 2.75) is 52.6 Å². The van der Waals surface area contributed by atoms with Crippen molar-refractivity contribution in [2.24, 2.45) is 0 Å². The average molecular weight is 478 g/mol. The predicted octanol–water partition coefficient (Wildman–Crippen LogP) is 6.44. The third kappa shape index (κ3) is 4.92. The molecule has 2 aromatic rings. The summed E-state index contributed by atoms with van der Waals surface area (Å²) in [6, 6.07) is 14.1. The molecule has 0 unspecified atom stereocenters. The molecule has 0 aliphatic carbocycles. The van der Waals surface area contributed by atoms with E-state index in [4.69, 9.17) is 20.9 Å². The molecule has 9 heteroatoms. The van der Waals surface area contributed by atoms with E-state index in [1.54, 1.807) is 36.4 Å². The molecular weight excluding hydrogens is 450 g/mol. The summed E-state index contributed by atoms with van der Waals surface area (Å²) >= 11 is 6.21. The van der Waals surface area contributed by atoms with Gasteiger partial charge in [-0.2, -0.15) is 8.88 Å². The number of rotatable bonds is 6. The van der Waals surface area contributed by atoms with Crippen LogP contribution in [0.2, 0.25) is 0 Å². The van der Waals surface area contributed by atoms with E-state index in [-0.39, 0.29) is 11.1 Å². The summed E-state index contributed by atoms with van der Waals surface area (Å²) in [7, 11) is -1.29. The van der Waals surface area contributed by atoms with Crippen LogP contribution in [0.15, 0.2) is 48.5 Å². The first-order valence-electron chi connectivity index (χ1n) is 9.89. The van der Waals surface area contributed by atoms with E-state index in [2.05, 4.69) is 50.4 Å². The second-order valence-corrected chi connectivity index (χ2v) is 14.7. The van der Waals surface area contributed by atoms with Gasteiger partial charge in [0.1, 0.15) is 24.1 Å². The van der Waals surface area contributed by atoms with Crippen LogP contribution in [-0.2, 0) is 11.8 Å². The molecule has 0 radical (unpaired) electrons. The van der Waals surface area contributed by atoms with Crippen LogP contribution in [0.1, 0.15) is 62.3 Å². The summed E-state index contributed by atoms with van der Waals surface area (Å²) in [6.45, 7) is 9.80. The van der Waals surface area contributed by atoms with E-state index in [9.17, 15) is 9.59 Å². The van der Waals surface area contributed by atoms with Gasteiger partial charge in [0.05, 0.1) is 0 Å². The lowest BCUT2D eigenvalue weighted by molar-refractivity contribution is 0.111. The molecule has 0 bridgehead atoms. The van der Waals surface area contributed by atoms with Gasteiger partial charge in [0.15, 0.2) is 0 Å². The maximum atomic E-state index is 11.2. The third-order valence-electron chi connectivity index (χ3n) is 4.40. The van der Waals surface area contributed by atoms with E-state index in [1.807, 2.05) is 12.1 Å². The second kappa shape index (κ2) is 8.73. The van der Waals surface area contributed by atoms with Gasteiger partial charge >= 0.3 is 0 Å². The van der Waals surface area contributed by atoms with Crippen molar-refractivity contribution >= 4 is 39.4 Å². The van der Waals surface area contributed by atoms with Crippen LogP contribution in [0.4, 0.5) is 0 Å². The monoisotopic (exact) mass is 478 g/mol. The zero-order valence-corrected chi connectivity index (χ0v) is 21.2. The molecule has 1 saturated heterocycles. The molecule has 1 fully saturated rings. The van der Waals surface area contributed by atoms with Crippen molar-refractivity contribution < 1.29 is 18.6 Å². The summed E-state index contributed by atoms with van der Waals surface area (Å²) in [5.41, 5.74) is 0.438. The molecular formula is C22H28N2O4P2S. The quantitative estimate of drug-likeness (QED) is 0.350. The Kier molecular flexibility index (Phi) is 6.76. The van der Waals surface area contributed by atoms with Crippen molar-refractivity contribution in [3.8, 4) is 11.5 Å². The van der Waals surface area contributed by atoms with Crippen LogP contribution in [-0.4, -0.2) is 32.5 Å². The minimum atomic E-state index is -2.70. The highest BCUT2D eigenvalue weighted by Gasteiger charge is 2.65. The molecule has 1 heterocycles. The van der Waals surface area contributed by atoms with Crippen LogP contribution in [0.5, 0.6) is 11.5 Å². The molecule has 0 spiro atoms. The van der Waals surface area contributed by atoms with Gasteiger partial charge in [-0.25, -0.2) is 0 Å². The Bertz CT molecular complexity index is 1010. The minimum absolute atomic E-state index is 0.326. The Morgan fingerprint density at radius 2 is 1.29 bits per heavy atom. The fraction of sp³-hybridized carbons (Fsp3) is 0.364. The van der Waals surface area contributed by atoms with E-state index in [0.717, 1.165) is 12.6 Å². The lowest BCUT2D eigenvalue weighted by Crippen LogP contribution is -2.56. The normalized spacial score (nSPS) is 22.5. The maximum absolute atomic E-state index is 11.2. The Morgan fingerprint density at radius 1 is 0.839 bits per heavy atom. The standard InChI is InChI=1S/C22H28N2O4P2S/c1-21(2,3)23-29(27-19-11-7-9-17(13-19)15-25)24(22(4,5)6)30(23,31)28-20-12-8-10-18(14-20)16-26/h7-16H,1-6H3. The van der Waals surface area contributed by atoms with E-state index in [1.165, 1.54) is 0 Å². The van der Waals surface area contributed by atoms with Gasteiger partial charge < -0.3 is 9.05 Å².